The van der Waals surface area contributed by atoms with Gasteiger partial charge in [-0.1, -0.05) is 26.0 Å². The van der Waals surface area contributed by atoms with E-state index in [1.54, 1.807) is 26.0 Å². The molecule has 11 nitrogen and oxygen atoms in total. The highest BCUT2D eigenvalue weighted by atomic mass is 19.4. The Hall–Kier alpha value is -5.01. The van der Waals surface area contributed by atoms with E-state index in [1.165, 1.54) is 41.0 Å². The van der Waals surface area contributed by atoms with Gasteiger partial charge in [0, 0.05) is 17.4 Å². The molecule has 2 heterocycles. The van der Waals surface area contributed by atoms with E-state index in [4.69, 9.17) is 0 Å². The molecule has 0 aliphatic rings. The number of anilines is 2. The number of alkyl halides is 3. The molecule has 4 rings (SSSR count). The first-order valence-electron chi connectivity index (χ1n) is 11.5. The summed E-state index contributed by atoms with van der Waals surface area (Å²) < 4.78 is 40.8. The van der Waals surface area contributed by atoms with Crippen LogP contribution in [-0.4, -0.2) is 48.9 Å². The molecule has 39 heavy (non-hydrogen) atoms. The molecule has 3 amide bonds. The van der Waals surface area contributed by atoms with Crippen molar-refractivity contribution in [2.45, 2.75) is 26.1 Å². The molecule has 0 radical (unpaired) electrons. The molecule has 14 heteroatoms. The van der Waals surface area contributed by atoms with Gasteiger partial charge in [-0.25, -0.2) is 9.59 Å². The lowest BCUT2D eigenvalue weighted by atomic mass is 10.0. The molecule has 0 saturated carbocycles. The zero-order valence-electron chi connectivity index (χ0n) is 20.5. The molecule has 0 fully saturated rings. The Balaban J connectivity index is 1.51. The van der Waals surface area contributed by atoms with Crippen molar-refractivity contribution < 1.29 is 32.7 Å². The summed E-state index contributed by atoms with van der Waals surface area (Å²) in [6.45, 7) is 3.33. The zero-order chi connectivity index (χ0) is 28.3. The average molecular weight is 541 g/mol. The number of urea groups is 1. The van der Waals surface area contributed by atoms with Crippen LogP contribution in [0.5, 0.6) is 0 Å². The van der Waals surface area contributed by atoms with Gasteiger partial charge in [0.1, 0.15) is 6.04 Å². The van der Waals surface area contributed by atoms with Crippen LogP contribution >= 0.6 is 0 Å². The number of para-hydroxylation sites is 1. The van der Waals surface area contributed by atoms with E-state index in [0.29, 0.717) is 5.56 Å². The average Bonchev–Trinajstić information content (AvgIpc) is 3.31. The summed E-state index contributed by atoms with van der Waals surface area (Å²) in [5.74, 6) is -1.92. The molecule has 2 aromatic heterocycles. The molecule has 4 N–H and O–H groups in total. The molecule has 0 aliphatic heterocycles. The lowest BCUT2D eigenvalue weighted by molar-refractivity contribution is -0.140. The van der Waals surface area contributed by atoms with E-state index in [0.717, 1.165) is 12.1 Å². The SMILES string of the molecule is CC(C)C(NC(=O)c1ccnn2c(-c3ccc(NC(=O)Nc4ccccc4C(F)(F)F)cc3)nnc12)C(=O)O. The van der Waals surface area contributed by atoms with Crippen LogP contribution in [0.3, 0.4) is 0 Å². The van der Waals surface area contributed by atoms with E-state index in [1.807, 2.05) is 0 Å². The third kappa shape index (κ3) is 5.95. The second kappa shape index (κ2) is 10.8. The number of nitrogens with zero attached hydrogens (tertiary/aromatic N) is 4. The first-order valence-corrected chi connectivity index (χ1v) is 11.5. The van der Waals surface area contributed by atoms with Gasteiger partial charge >= 0.3 is 18.2 Å². The number of hydrogen-bond acceptors (Lipinski definition) is 6. The summed E-state index contributed by atoms with van der Waals surface area (Å²) in [7, 11) is 0. The number of fused-ring (bicyclic) bond motifs is 1. The number of aromatic nitrogens is 4. The topological polar surface area (TPSA) is 151 Å². The Morgan fingerprint density at radius 2 is 1.64 bits per heavy atom. The van der Waals surface area contributed by atoms with Crippen molar-refractivity contribution in [2.24, 2.45) is 5.92 Å². The predicted molar refractivity (Wildman–Crippen MR) is 134 cm³/mol. The fourth-order valence-corrected chi connectivity index (χ4v) is 3.72. The van der Waals surface area contributed by atoms with Crippen molar-refractivity contribution in [1.82, 2.24) is 25.1 Å². The molecule has 202 valence electrons. The monoisotopic (exact) mass is 541 g/mol. The van der Waals surface area contributed by atoms with E-state index in [-0.39, 0.29) is 34.3 Å². The van der Waals surface area contributed by atoms with Gasteiger partial charge in [-0.3, -0.25) is 4.79 Å². The van der Waals surface area contributed by atoms with Gasteiger partial charge in [0.15, 0.2) is 11.5 Å². The second-order valence-electron chi connectivity index (χ2n) is 8.74. The number of hydrogen-bond donors (Lipinski definition) is 4. The molecular weight excluding hydrogens is 519 g/mol. The highest BCUT2D eigenvalue weighted by molar-refractivity contribution is 6.02. The molecule has 0 spiro atoms. The number of carbonyl (C=O) groups is 3. The van der Waals surface area contributed by atoms with Crippen LogP contribution in [0.2, 0.25) is 0 Å². The van der Waals surface area contributed by atoms with Crippen LogP contribution in [0.25, 0.3) is 17.0 Å². The van der Waals surface area contributed by atoms with Crippen LogP contribution < -0.4 is 16.0 Å². The van der Waals surface area contributed by atoms with Crippen molar-refractivity contribution in [2.75, 3.05) is 10.6 Å². The number of carbonyl (C=O) groups excluding carboxylic acids is 2. The lowest BCUT2D eigenvalue weighted by Gasteiger charge is -2.17. The van der Waals surface area contributed by atoms with Crippen molar-refractivity contribution in [3.63, 3.8) is 0 Å². The lowest BCUT2D eigenvalue weighted by Crippen LogP contribution is -2.44. The van der Waals surface area contributed by atoms with Gasteiger partial charge in [-0.2, -0.15) is 22.8 Å². The molecule has 0 bridgehead atoms. The van der Waals surface area contributed by atoms with Gasteiger partial charge in [-0.15, -0.1) is 10.2 Å². The highest BCUT2D eigenvalue weighted by Crippen LogP contribution is 2.34. The molecule has 0 aliphatic carbocycles. The summed E-state index contributed by atoms with van der Waals surface area (Å²) in [6.07, 6.45) is -3.29. The van der Waals surface area contributed by atoms with Gasteiger partial charge in [0.2, 0.25) is 0 Å². The number of nitrogens with one attached hydrogen (secondary N) is 3. The summed E-state index contributed by atoms with van der Waals surface area (Å²) >= 11 is 0. The van der Waals surface area contributed by atoms with Crippen molar-refractivity contribution in [3.05, 3.63) is 71.9 Å². The Bertz CT molecular complexity index is 1530. The van der Waals surface area contributed by atoms with Crippen LogP contribution in [0.4, 0.5) is 29.3 Å². The van der Waals surface area contributed by atoms with Gasteiger partial charge in [-0.05, 0) is 48.4 Å². The van der Waals surface area contributed by atoms with E-state index >= 15 is 0 Å². The maximum Gasteiger partial charge on any atom is 0.418 e. The van der Waals surface area contributed by atoms with Crippen LogP contribution in [0.15, 0.2) is 60.8 Å². The fraction of sp³-hybridized carbons (Fsp3) is 0.200. The van der Waals surface area contributed by atoms with E-state index in [9.17, 15) is 32.7 Å². The second-order valence-corrected chi connectivity index (χ2v) is 8.74. The summed E-state index contributed by atoms with van der Waals surface area (Å²) in [5.41, 5.74) is -0.393. The van der Waals surface area contributed by atoms with E-state index < -0.39 is 35.7 Å². The zero-order valence-corrected chi connectivity index (χ0v) is 20.5. The minimum atomic E-state index is -4.63. The highest BCUT2D eigenvalue weighted by Gasteiger charge is 2.33. The number of rotatable bonds is 7. The summed E-state index contributed by atoms with van der Waals surface area (Å²) in [4.78, 5) is 36.6. The van der Waals surface area contributed by atoms with Crippen LogP contribution in [-0.2, 0) is 11.0 Å². The molecule has 0 saturated heterocycles. The smallest absolute Gasteiger partial charge is 0.418 e. The Morgan fingerprint density at radius 1 is 0.949 bits per heavy atom. The maximum atomic E-state index is 13.2. The van der Waals surface area contributed by atoms with Gasteiger partial charge in [0.05, 0.1) is 16.8 Å². The van der Waals surface area contributed by atoms with E-state index in [2.05, 4.69) is 31.2 Å². The minimum absolute atomic E-state index is 0.0738. The number of amides is 3. The molecule has 1 atom stereocenters. The maximum absolute atomic E-state index is 13.2. The third-order valence-corrected chi connectivity index (χ3v) is 5.65. The molecule has 2 aromatic carbocycles. The van der Waals surface area contributed by atoms with Gasteiger partial charge < -0.3 is 21.1 Å². The number of carboxylic acids is 1. The Morgan fingerprint density at radius 3 is 2.28 bits per heavy atom. The van der Waals surface area contributed by atoms with Crippen molar-refractivity contribution >= 4 is 34.9 Å². The predicted octanol–water partition coefficient (Wildman–Crippen LogP) is 4.29. The van der Waals surface area contributed by atoms with Crippen LogP contribution in [0, 0.1) is 5.92 Å². The summed E-state index contributed by atoms with van der Waals surface area (Å²) in [6, 6.07) is 10.2. The number of halogens is 3. The standard InChI is InChI=1S/C25H22F3N7O4/c1-13(2)19(23(37)38)32-22(36)16-11-12-29-35-20(33-34-21(16)35)14-7-9-15(10-8-14)30-24(39)31-18-6-4-3-5-17(18)25(26,27)28/h3-13,19H,1-2H3,(H,32,36)(H,37,38)(H2,30,31,39). The summed E-state index contributed by atoms with van der Waals surface area (Å²) in [5, 5.41) is 28.8. The Labute approximate surface area is 219 Å². The molecular formula is C25H22F3N7O4. The minimum Gasteiger partial charge on any atom is -0.480 e. The number of aliphatic carboxylic acids is 1. The van der Waals surface area contributed by atoms with Crippen molar-refractivity contribution in [1.29, 1.82) is 0 Å². The Kier molecular flexibility index (Phi) is 7.47. The first kappa shape index (κ1) is 27.0. The quantitative estimate of drug-likeness (QED) is 0.272. The van der Waals surface area contributed by atoms with Crippen molar-refractivity contribution in [3.8, 4) is 11.4 Å². The number of benzene rings is 2. The molecule has 1 unspecified atom stereocenters. The first-order chi connectivity index (χ1) is 18.5. The van der Waals surface area contributed by atoms with Gasteiger partial charge in [0.25, 0.3) is 5.91 Å². The largest absolute Gasteiger partial charge is 0.480 e. The molecule has 4 aromatic rings. The fourth-order valence-electron chi connectivity index (χ4n) is 3.72. The normalized spacial score (nSPS) is 12.3. The van der Waals surface area contributed by atoms with Crippen LogP contribution in [0.1, 0.15) is 29.8 Å². The number of carboxylic acid groups (broad SMARTS) is 1. The third-order valence-electron chi connectivity index (χ3n) is 5.65.